The monoisotopic (exact) mass is 202 g/mol. The summed E-state index contributed by atoms with van der Waals surface area (Å²) in [6.45, 7) is 7.88. The lowest BCUT2D eigenvalue weighted by Crippen LogP contribution is -2.30. The molecule has 1 rings (SSSR count). The second-order valence-corrected chi connectivity index (χ2v) is 5.27. The van der Waals surface area contributed by atoms with Gasteiger partial charge in [0.2, 0.25) is 0 Å². The van der Waals surface area contributed by atoms with Crippen molar-refractivity contribution in [3.63, 3.8) is 0 Å². The molecule has 1 aliphatic rings. The number of nitrogens with two attached hydrogens (primary N) is 1. The molecule has 1 heterocycles. The van der Waals surface area contributed by atoms with E-state index in [2.05, 4.69) is 18.7 Å². The second kappa shape index (κ2) is 5.89. The molecule has 0 radical (unpaired) electrons. The summed E-state index contributed by atoms with van der Waals surface area (Å²) in [5, 5.41) is 0. The van der Waals surface area contributed by atoms with Crippen molar-refractivity contribution in [3.05, 3.63) is 0 Å². The van der Waals surface area contributed by atoms with Crippen LogP contribution in [0.4, 0.5) is 0 Å². The van der Waals surface area contributed by atoms with Crippen molar-refractivity contribution in [3.8, 4) is 0 Å². The molecule has 1 aliphatic heterocycles. The van der Waals surface area contributed by atoms with Crippen molar-refractivity contribution in [2.24, 2.45) is 11.7 Å². The molecule has 2 nitrogen and oxygen atoms in total. The highest BCUT2D eigenvalue weighted by Gasteiger charge is 2.27. The average Bonchev–Trinajstić information content (AvgIpc) is 2.48. The van der Waals surface area contributed by atoms with E-state index in [0.29, 0.717) is 0 Å². The predicted molar refractivity (Wildman–Crippen MR) is 61.2 cm³/mol. The predicted octanol–water partition coefficient (Wildman–Crippen LogP) is 1.41. The molecule has 2 unspecified atom stereocenters. The standard InChI is InChI=1S/C10H22N2S/c1-3-13-5-4-12-8-10(7-11)6-9(12)2/h9-10H,3-8,11H2,1-2H3. The van der Waals surface area contributed by atoms with Crippen LogP contribution in [0.5, 0.6) is 0 Å². The first-order valence-electron chi connectivity index (χ1n) is 5.29. The van der Waals surface area contributed by atoms with E-state index in [-0.39, 0.29) is 0 Å². The molecule has 0 spiro atoms. The smallest absolute Gasteiger partial charge is 0.00753 e. The number of rotatable bonds is 5. The minimum absolute atomic E-state index is 0.752. The van der Waals surface area contributed by atoms with Gasteiger partial charge in [-0.3, -0.25) is 4.90 Å². The Labute approximate surface area is 86.2 Å². The van der Waals surface area contributed by atoms with Crippen LogP contribution in [-0.4, -0.2) is 42.1 Å². The third-order valence-electron chi connectivity index (χ3n) is 2.85. The van der Waals surface area contributed by atoms with Gasteiger partial charge in [-0.05, 0) is 31.6 Å². The largest absolute Gasteiger partial charge is 0.330 e. The van der Waals surface area contributed by atoms with Crippen LogP contribution in [0.2, 0.25) is 0 Å². The molecule has 13 heavy (non-hydrogen) atoms. The molecule has 0 aromatic heterocycles. The fourth-order valence-electron chi connectivity index (χ4n) is 2.03. The highest BCUT2D eigenvalue weighted by atomic mass is 32.2. The number of hydrogen-bond donors (Lipinski definition) is 1. The fourth-order valence-corrected chi connectivity index (χ4v) is 2.68. The topological polar surface area (TPSA) is 29.3 Å². The molecule has 0 aliphatic carbocycles. The number of likely N-dealkylation sites (tertiary alicyclic amines) is 1. The average molecular weight is 202 g/mol. The molecular weight excluding hydrogens is 180 g/mol. The first-order chi connectivity index (χ1) is 6.27. The normalized spacial score (nSPS) is 29.8. The van der Waals surface area contributed by atoms with Crippen molar-refractivity contribution in [1.29, 1.82) is 0 Å². The summed E-state index contributed by atoms with van der Waals surface area (Å²) in [7, 11) is 0. The van der Waals surface area contributed by atoms with E-state index in [1.165, 1.54) is 31.0 Å². The van der Waals surface area contributed by atoms with Crippen molar-refractivity contribution < 1.29 is 0 Å². The van der Waals surface area contributed by atoms with E-state index >= 15 is 0 Å². The Morgan fingerprint density at radius 3 is 2.85 bits per heavy atom. The Morgan fingerprint density at radius 2 is 2.31 bits per heavy atom. The Hall–Kier alpha value is 0.270. The molecule has 0 aromatic rings. The van der Waals surface area contributed by atoms with Crippen molar-refractivity contribution in [1.82, 2.24) is 4.90 Å². The SMILES string of the molecule is CCSCCN1CC(CN)CC1C. The van der Waals surface area contributed by atoms with Crippen molar-refractivity contribution in [2.75, 3.05) is 31.1 Å². The van der Waals surface area contributed by atoms with Crippen LogP contribution < -0.4 is 5.73 Å². The second-order valence-electron chi connectivity index (χ2n) is 3.88. The summed E-state index contributed by atoms with van der Waals surface area (Å²) in [6.07, 6.45) is 1.30. The van der Waals surface area contributed by atoms with Gasteiger partial charge in [0, 0.05) is 24.9 Å². The van der Waals surface area contributed by atoms with Crippen LogP contribution in [0.15, 0.2) is 0 Å². The molecule has 2 N–H and O–H groups in total. The molecule has 1 fully saturated rings. The van der Waals surface area contributed by atoms with Gasteiger partial charge in [0.25, 0.3) is 0 Å². The first kappa shape index (κ1) is 11.3. The van der Waals surface area contributed by atoms with Crippen LogP contribution >= 0.6 is 11.8 Å². The van der Waals surface area contributed by atoms with Gasteiger partial charge in [0.1, 0.15) is 0 Å². The first-order valence-corrected chi connectivity index (χ1v) is 6.45. The Morgan fingerprint density at radius 1 is 1.54 bits per heavy atom. The van der Waals surface area contributed by atoms with E-state index in [9.17, 15) is 0 Å². The van der Waals surface area contributed by atoms with E-state index in [1.54, 1.807) is 0 Å². The maximum Gasteiger partial charge on any atom is 0.00753 e. The summed E-state index contributed by atoms with van der Waals surface area (Å²) in [6, 6.07) is 0.756. The minimum atomic E-state index is 0.752. The molecule has 0 aromatic carbocycles. The number of thioether (sulfide) groups is 1. The lowest BCUT2D eigenvalue weighted by atomic mass is 10.1. The van der Waals surface area contributed by atoms with Crippen LogP contribution in [0, 0.1) is 5.92 Å². The maximum atomic E-state index is 5.68. The molecular formula is C10H22N2S. The van der Waals surface area contributed by atoms with Crippen molar-refractivity contribution in [2.45, 2.75) is 26.3 Å². The van der Waals surface area contributed by atoms with E-state index in [4.69, 9.17) is 5.73 Å². The van der Waals surface area contributed by atoms with Gasteiger partial charge in [-0.25, -0.2) is 0 Å². The lowest BCUT2D eigenvalue weighted by Gasteiger charge is -2.20. The van der Waals surface area contributed by atoms with E-state index < -0.39 is 0 Å². The van der Waals surface area contributed by atoms with Crippen LogP contribution in [0.25, 0.3) is 0 Å². The van der Waals surface area contributed by atoms with Gasteiger partial charge in [-0.15, -0.1) is 0 Å². The maximum absolute atomic E-state index is 5.68. The Balaban J connectivity index is 2.18. The van der Waals surface area contributed by atoms with Gasteiger partial charge in [-0.1, -0.05) is 6.92 Å². The van der Waals surface area contributed by atoms with Gasteiger partial charge in [0.15, 0.2) is 0 Å². The van der Waals surface area contributed by atoms with Crippen LogP contribution in [0.3, 0.4) is 0 Å². The highest BCUT2D eigenvalue weighted by Crippen LogP contribution is 2.21. The van der Waals surface area contributed by atoms with Gasteiger partial charge in [-0.2, -0.15) is 11.8 Å². The lowest BCUT2D eigenvalue weighted by molar-refractivity contribution is 0.281. The van der Waals surface area contributed by atoms with E-state index in [1.807, 2.05) is 11.8 Å². The molecule has 0 amide bonds. The Kier molecular flexibility index (Phi) is 5.14. The zero-order valence-corrected chi connectivity index (χ0v) is 9.65. The van der Waals surface area contributed by atoms with E-state index in [0.717, 1.165) is 18.5 Å². The van der Waals surface area contributed by atoms with Crippen LogP contribution in [0.1, 0.15) is 20.3 Å². The van der Waals surface area contributed by atoms with Gasteiger partial charge in [0.05, 0.1) is 0 Å². The summed E-state index contributed by atoms with van der Waals surface area (Å²) in [5.74, 6) is 3.27. The summed E-state index contributed by atoms with van der Waals surface area (Å²) < 4.78 is 0. The minimum Gasteiger partial charge on any atom is -0.330 e. The Bertz CT molecular complexity index is 141. The molecule has 3 heteroatoms. The molecule has 0 saturated carbocycles. The van der Waals surface area contributed by atoms with Gasteiger partial charge < -0.3 is 5.73 Å². The molecule has 2 atom stereocenters. The molecule has 1 saturated heterocycles. The number of nitrogens with zero attached hydrogens (tertiary/aromatic N) is 1. The molecule has 78 valence electrons. The summed E-state index contributed by atoms with van der Waals surface area (Å²) in [5.41, 5.74) is 5.68. The van der Waals surface area contributed by atoms with Gasteiger partial charge >= 0.3 is 0 Å². The molecule has 0 bridgehead atoms. The van der Waals surface area contributed by atoms with Crippen molar-refractivity contribution >= 4 is 11.8 Å². The highest BCUT2D eigenvalue weighted by molar-refractivity contribution is 7.99. The third-order valence-corrected chi connectivity index (χ3v) is 3.73. The van der Waals surface area contributed by atoms with Crippen LogP contribution in [-0.2, 0) is 0 Å². The summed E-state index contributed by atoms with van der Waals surface area (Å²) >= 11 is 2.03. The summed E-state index contributed by atoms with van der Waals surface area (Å²) in [4.78, 5) is 2.58. The zero-order chi connectivity index (χ0) is 9.68. The fraction of sp³-hybridized carbons (Fsp3) is 1.00. The third kappa shape index (κ3) is 3.49. The zero-order valence-electron chi connectivity index (χ0n) is 8.83. The number of hydrogen-bond acceptors (Lipinski definition) is 3. The quantitative estimate of drug-likeness (QED) is 0.684.